The first-order valence-corrected chi connectivity index (χ1v) is 8.96. The summed E-state index contributed by atoms with van der Waals surface area (Å²) >= 11 is 0. The SMILES string of the molecule is COC1=N[C@@H](C23CC4CC(CC(C4)C2)C3)C(OCN=[N+]=[N-])=N[C@@H]1C. The molecule has 0 unspecified atom stereocenters. The summed E-state index contributed by atoms with van der Waals surface area (Å²) in [7, 11) is 1.66. The molecule has 0 saturated heterocycles. The average molecular weight is 331 g/mol. The van der Waals surface area contributed by atoms with Gasteiger partial charge in [-0.3, -0.25) is 0 Å². The van der Waals surface area contributed by atoms with E-state index in [1.54, 1.807) is 7.11 Å². The molecule has 4 aliphatic carbocycles. The van der Waals surface area contributed by atoms with E-state index in [4.69, 9.17) is 25.0 Å². The van der Waals surface area contributed by atoms with E-state index in [1.165, 1.54) is 38.5 Å². The third-order valence-corrected chi connectivity index (χ3v) is 6.38. The Morgan fingerprint density at radius 3 is 2.29 bits per heavy atom. The third-order valence-electron chi connectivity index (χ3n) is 6.38. The van der Waals surface area contributed by atoms with E-state index in [0.29, 0.717) is 11.8 Å². The van der Waals surface area contributed by atoms with Crippen LogP contribution in [0.15, 0.2) is 15.1 Å². The Morgan fingerprint density at radius 2 is 1.75 bits per heavy atom. The van der Waals surface area contributed by atoms with Gasteiger partial charge in [0.05, 0.1) is 7.11 Å². The van der Waals surface area contributed by atoms with E-state index in [0.717, 1.165) is 17.8 Å². The fraction of sp³-hybridized carbons (Fsp3) is 0.882. The lowest BCUT2D eigenvalue weighted by Gasteiger charge is -2.58. The molecule has 5 rings (SSSR count). The minimum Gasteiger partial charge on any atom is -0.483 e. The van der Waals surface area contributed by atoms with Crippen LogP contribution in [0.4, 0.5) is 0 Å². The summed E-state index contributed by atoms with van der Waals surface area (Å²) in [5.41, 5.74) is 8.66. The fourth-order valence-corrected chi connectivity index (χ4v) is 5.98. The van der Waals surface area contributed by atoms with Gasteiger partial charge in [0.25, 0.3) is 0 Å². The van der Waals surface area contributed by atoms with Crippen molar-refractivity contribution in [1.29, 1.82) is 0 Å². The Balaban J connectivity index is 1.65. The minimum absolute atomic E-state index is 0.0250. The van der Waals surface area contributed by atoms with Gasteiger partial charge in [-0.05, 0) is 68.7 Å². The highest BCUT2D eigenvalue weighted by molar-refractivity contribution is 5.94. The van der Waals surface area contributed by atoms with Gasteiger partial charge >= 0.3 is 0 Å². The van der Waals surface area contributed by atoms with Crippen molar-refractivity contribution in [2.24, 2.45) is 38.3 Å². The Labute approximate surface area is 142 Å². The van der Waals surface area contributed by atoms with Gasteiger partial charge < -0.3 is 9.47 Å². The van der Waals surface area contributed by atoms with Crippen LogP contribution in [0.2, 0.25) is 0 Å². The first kappa shape index (κ1) is 15.8. The van der Waals surface area contributed by atoms with Crippen LogP contribution in [0.25, 0.3) is 10.4 Å². The molecule has 0 aromatic carbocycles. The molecule has 24 heavy (non-hydrogen) atoms. The number of ether oxygens (including phenoxy) is 2. The van der Waals surface area contributed by atoms with Gasteiger partial charge in [-0.25, -0.2) is 9.98 Å². The van der Waals surface area contributed by atoms with Gasteiger partial charge in [0.15, 0.2) is 6.73 Å². The number of aliphatic imine (C=N–C) groups is 2. The van der Waals surface area contributed by atoms with Crippen LogP contribution < -0.4 is 0 Å². The normalized spacial score (nSPS) is 42.8. The zero-order chi connectivity index (χ0) is 16.7. The quantitative estimate of drug-likeness (QED) is 0.448. The second-order valence-electron chi connectivity index (χ2n) is 8.00. The third kappa shape index (κ3) is 2.55. The molecular formula is C17H25N5O2. The monoisotopic (exact) mass is 331 g/mol. The van der Waals surface area contributed by atoms with Gasteiger partial charge in [-0.2, -0.15) is 0 Å². The number of methoxy groups -OCH3 is 1. The van der Waals surface area contributed by atoms with Crippen molar-refractivity contribution in [3.8, 4) is 0 Å². The van der Waals surface area contributed by atoms with Gasteiger partial charge in [0, 0.05) is 10.3 Å². The smallest absolute Gasteiger partial charge is 0.210 e. The summed E-state index contributed by atoms with van der Waals surface area (Å²) in [6.45, 7) is 1.93. The Bertz CT molecular complexity index is 587. The van der Waals surface area contributed by atoms with E-state index >= 15 is 0 Å². The first-order valence-electron chi connectivity index (χ1n) is 8.96. The number of hydrogen-bond acceptors (Lipinski definition) is 5. The second-order valence-corrected chi connectivity index (χ2v) is 8.00. The summed E-state index contributed by atoms with van der Waals surface area (Å²) in [5.74, 6) is 3.81. The Hall–Kier alpha value is -1.75. The van der Waals surface area contributed by atoms with Crippen molar-refractivity contribution in [1.82, 2.24) is 0 Å². The molecule has 5 aliphatic rings. The largest absolute Gasteiger partial charge is 0.483 e. The van der Waals surface area contributed by atoms with Crippen molar-refractivity contribution in [2.75, 3.05) is 13.8 Å². The maximum Gasteiger partial charge on any atom is 0.210 e. The number of rotatable bonds is 3. The molecule has 1 aliphatic heterocycles. The molecule has 4 saturated carbocycles. The van der Waals surface area contributed by atoms with E-state index < -0.39 is 0 Å². The van der Waals surface area contributed by atoms with Crippen molar-refractivity contribution in [3.63, 3.8) is 0 Å². The van der Waals surface area contributed by atoms with Crippen LogP contribution in [0.3, 0.4) is 0 Å². The molecular weight excluding hydrogens is 306 g/mol. The molecule has 2 atom stereocenters. The zero-order valence-corrected chi connectivity index (χ0v) is 14.4. The number of hydrogen-bond donors (Lipinski definition) is 0. The maximum absolute atomic E-state index is 8.51. The van der Waals surface area contributed by atoms with E-state index in [9.17, 15) is 0 Å². The van der Waals surface area contributed by atoms with Gasteiger partial charge in [-0.15, -0.1) is 0 Å². The van der Waals surface area contributed by atoms with Crippen molar-refractivity contribution in [3.05, 3.63) is 10.4 Å². The molecule has 0 aromatic heterocycles. The van der Waals surface area contributed by atoms with Crippen LogP contribution in [-0.2, 0) is 9.47 Å². The molecule has 0 radical (unpaired) electrons. The molecule has 7 heteroatoms. The minimum atomic E-state index is -0.152. The van der Waals surface area contributed by atoms with Gasteiger partial charge in [-0.1, -0.05) is 5.11 Å². The van der Waals surface area contributed by atoms with E-state index in [-0.39, 0.29) is 24.2 Å². The second kappa shape index (κ2) is 5.96. The van der Waals surface area contributed by atoms with Crippen LogP contribution in [0.1, 0.15) is 45.4 Å². The van der Waals surface area contributed by atoms with Crippen molar-refractivity contribution in [2.45, 2.75) is 57.5 Å². The highest BCUT2D eigenvalue weighted by Crippen LogP contribution is 2.62. The average Bonchev–Trinajstić information content (AvgIpc) is 2.54. The van der Waals surface area contributed by atoms with Crippen molar-refractivity contribution >= 4 is 11.8 Å². The lowest BCUT2D eigenvalue weighted by atomic mass is 9.47. The van der Waals surface area contributed by atoms with Crippen LogP contribution in [0.5, 0.6) is 0 Å². The molecule has 1 heterocycles. The molecule has 0 N–H and O–H groups in total. The zero-order valence-electron chi connectivity index (χ0n) is 14.4. The summed E-state index contributed by atoms with van der Waals surface area (Å²) in [6, 6.07) is -0.243. The molecule has 0 aromatic rings. The van der Waals surface area contributed by atoms with Crippen LogP contribution >= 0.6 is 0 Å². The van der Waals surface area contributed by atoms with Crippen LogP contribution in [0, 0.1) is 23.2 Å². The molecule has 0 amide bonds. The molecule has 7 nitrogen and oxygen atoms in total. The highest BCUT2D eigenvalue weighted by Gasteiger charge is 2.56. The number of azide groups is 1. The first-order chi connectivity index (χ1) is 11.6. The summed E-state index contributed by atoms with van der Waals surface area (Å²) in [5, 5.41) is 3.51. The van der Waals surface area contributed by atoms with Crippen LogP contribution in [-0.4, -0.2) is 37.7 Å². The highest BCUT2D eigenvalue weighted by atomic mass is 16.5. The Kier molecular flexibility index (Phi) is 3.91. The topological polar surface area (TPSA) is 91.9 Å². The maximum atomic E-state index is 8.51. The van der Waals surface area contributed by atoms with E-state index in [2.05, 4.69) is 10.0 Å². The molecule has 4 bridgehead atoms. The predicted octanol–water partition coefficient (Wildman–Crippen LogP) is 3.70. The van der Waals surface area contributed by atoms with Crippen molar-refractivity contribution < 1.29 is 9.47 Å². The fourth-order valence-electron chi connectivity index (χ4n) is 5.98. The van der Waals surface area contributed by atoms with E-state index in [1.807, 2.05) is 6.92 Å². The molecule has 130 valence electrons. The summed E-state index contributed by atoms with van der Waals surface area (Å²) < 4.78 is 11.2. The predicted molar refractivity (Wildman–Crippen MR) is 90.8 cm³/mol. The van der Waals surface area contributed by atoms with Gasteiger partial charge in [0.2, 0.25) is 11.8 Å². The van der Waals surface area contributed by atoms with Gasteiger partial charge in [0.1, 0.15) is 12.1 Å². The number of nitrogens with zero attached hydrogens (tertiary/aromatic N) is 5. The molecule has 0 spiro atoms. The summed E-state index contributed by atoms with van der Waals surface area (Å²) in [4.78, 5) is 12.4. The lowest BCUT2D eigenvalue weighted by Crippen LogP contribution is -2.55. The summed E-state index contributed by atoms with van der Waals surface area (Å²) in [6.07, 6.45) is 7.78. The standard InChI is InChI=1S/C17H25N5O2/c1-10-15(23-2)21-14(16(20-10)24-9-19-22-18)17-6-11-3-12(7-17)5-13(4-11)8-17/h10-14H,3-9H2,1-2H3/t10-,11?,12?,13?,14-,17?/m1/s1. The Morgan fingerprint density at radius 1 is 1.12 bits per heavy atom. The molecule has 4 fully saturated rings. The lowest BCUT2D eigenvalue weighted by molar-refractivity contribution is -0.0591.